The van der Waals surface area contributed by atoms with Gasteiger partial charge in [0.1, 0.15) is 12.7 Å². The molecular formula is C18H18N6O2S. The summed E-state index contributed by atoms with van der Waals surface area (Å²) in [5, 5.41) is 18.5. The Balaban J connectivity index is 1.66. The van der Waals surface area contributed by atoms with Crippen LogP contribution in [0.4, 0.5) is 11.4 Å². The van der Waals surface area contributed by atoms with Crippen molar-refractivity contribution in [1.29, 1.82) is 0 Å². The van der Waals surface area contributed by atoms with Gasteiger partial charge in [-0.2, -0.15) is 5.10 Å². The highest BCUT2D eigenvalue weighted by Crippen LogP contribution is 2.22. The van der Waals surface area contributed by atoms with E-state index in [-0.39, 0.29) is 11.7 Å². The zero-order valence-corrected chi connectivity index (χ0v) is 15.6. The van der Waals surface area contributed by atoms with Crippen molar-refractivity contribution in [2.75, 3.05) is 12.4 Å². The number of non-ortho nitro benzene ring substituents is 1. The molecule has 1 aromatic heterocycles. The van der Waals surface area contributed by atoms with Gasteiger partial charge < -0.3 is 10.2 Å². The third-order valence-electron chi connectivity index (χ3n) is 4.29. The summed E-state index contributed by atoms with van der Waals surface area (Å²) in [6.07, 6.45) is 3.14. The number of rotatable bonds is 5. The topological polar surface area (TPSA) is 89.1 Å². The van der Waals surface area contributed by atoms with Crippen LogP contribution in [0.2, 0.25) is 0 Å². The minimum absolute atomic E-state index is 0.0350. The van der Waals surface area contributed by atoms with Crippen molar-refractivity contribution >= 4 is 28.7 Å². The largest absolute Gasteiger partial charge is 0.345 e. The van der Waals surface area contributed by atoms with E-state index in [1.54, 1.807) is 23.1 Å². The van der Waals surface area contributed by atoms with Gasteiger partial charge in [-0.05, 0) is 49.0 Å². The first-order valence-corrected chi connectivity index (χ1v) is 8.60. The molecule has 0 spiro atoms. The standard InChI is InChI=1S/C18H18N6O2S/c1-13(14-3-7-16(8-4-14)23-12-19-11-20-23)22(2)18(27)21-15-5-9-17(10-6-15)24(25)26/h3-13H,1-2H3,(H,21,27)/t13-/m0/s1. The lowest BCUT2D eigenvalue weighted by molar-refractivity contribution is -0.384. The molecule has 2 aromatic carbocycles. The number of anilines is 1. The van der Waals surface area contributed by atoms with Gasteiger partial charge in [0.05, 0.1) is 16.7 Å². The van der Waals surface area contributed by atoms with Crippen molar-refractivity contribution in [3.8, 4) is 5.69 Å². The minimum Gasteiger partial charge on any atom is -0.345 e. The smallest absolute Gasteiger partial charge is 0.269 e. The molecule has 0 aliphatic heterocycles. The number of nitrogens with one attached hydrogen (secondary N) is 1. The molecule has 27 heavy (non-hydrogen) atoms. The molecule has 0 fully saturated rings. The maximum atomic E-state index is 10.7. The van der Waals surface area contributed by atoms with Crippen LogP contribution in [-0.4, -0.2) is 36.7 Å². The number of hydrogen-bond donors (Lipinski definition) is 1. The number of benzene rings is 2. The predicted octanol–water partition coefficient (Wildman–Crippen LogP) is 3.57. The van der Waals surface area contributed by atoms with Crippen LogP contribution in [0.25, 0.3) is 5.69 Å². The van der Waals surface area contributed by atoms with Crippen molar-refractivity contribution < 1.29 is 4.92 Å². The van der Waals surface area contributed by atoms with Crippen molar-refractivity contribution in [3.63, 3.8) is 0 Å². The van der Waals surface area contributed by atoms with Gasteiger partial charge in [0.2, 0.25) is 0 Å². The quantitative estimate of drug-likeness (QED) is 0.410. The van der Waals surface area contributed by atoms with Gasteiger partial charge in [0.15, 0.2) is 5.11 Å². The maximum absolute atomic E-state index is 10.7. The summed E-state index contributed by atoms with van der Waals surface area (Å²) >= 11 is 5.47. The van der Waals surface area contributed by atoms with E-state index < -0.39 is 4.92 Å². The fourth-order valence-corrected chi connectivity index (χ4v) is 2.80. The van der Waals surface area contributed by atoms with Gasteiger partial charge in [0, 0.05) is 24.9 Å². The molecule has 138 valence electrons. The summed E-state index contributed by atoms with van der Waals surface area (Å²) in [6.45, 7) is 2.05. The van der Waals surface area contributed by atoms with Gasteiger partial charge in [-0.15, -0.1) is 0 Å². The summed E-state index contributed by atoms with van der Waals surface area (Å²) in [4.78, 5) is 16.2. The average molecular weight is 382 g/mol. The first kappa shape index (κ1) is 18.5. The second-order valence-corrected chi connectivity index (χ2v) is 6.34. The molecular weight excluding hydrogens is 364 g/mol. The van der Waals surface area contributed by atoms with Crippen LogP contribution in [0.15, 0.2) is 61.2 Å². The summed E-state index contributed by atoms with van der Waals surface area (Å²) in [5.41, 5.74) is 2.76. The molecule has 8 nitrogen and oxygen atoms in total. The second-order valence-electron chi connectivity index (χ2n) is 5.95. The highest BCUT2D eigenvalue weighted by molar-refractivity contribution is 7.80. The summed E-state index contributed by atoms with van der Waals surface area (Å²) < 4.78 is 1.69. The predicted molar refractivity (Wildman–Crippen MR) is 107 cm³/mol. The molecule has 0 bridgehead atoms. The molecule has 0 aliphatic carbocycles. The van der Waals surface area contributed by atoms with Crippen molar-refractivity contribution in [1.82, 2.24) is 19.7 Å². The zero-order valence-electron chi connectivity index (χ0n) is 14.8. The number of nitrogens with zero attached hydrogens (tertiary/aromatic N) is 5. The number of aromatic nitrogens is 3. The minimum atomic E-state index is -0.431. The van der Waals surface area contributed by atoms with Crippen LogP contribution in [-0.2, 0) is 0 Å². The van der Waals surface area contributed by atoms with E-state index >= 15 is 0 Å². The van der Waals surface area contributed by atoms with Crippen LogP contribution in [0, 0.1) is 10.1 Å². The van der Waals surface area contributed by atoms with Crippen LogP contribution < -0.4 is 5.32 Å². The third kappa shape index (κ3) is 4.26. The van der Waals surface area contributed by atoms with E-state index in [4.69, 9.17) is 12.2 Å². The first-order valence-electron chi connectivity index (χ1n) is 8.19. The Hall–Kier alpha value is -3.33. The summed E-state index contributed by atoms with van der Waals surface area (Å²) in [6, 6.07) is 14.2. The van der Waals surface area contributed by atoms with Crippen LogP contribution in [0.5, 0.6) is 0 Å². The molecule has 1 atom stereocenters. The molecule has 9 heteroatoms. The van der Waals surface area contributed by atoms with Crippen molar-refractivity contribution in [3.05, 3.63) is 76.9 Å². The van der Waals surface area contributed by atoms with Gasteiger partial charge >= 0.3 is 0 Å². The lowest BCUT2D eigenvalue weighted by Crippen LogP contribution is -2.33. The van der Waals surface area contributed by atoms with E-state index in [1.165, 1.54) is 18.5 Å². The Bertz CT molecular complexity index is 926. The SMILES string of the molecule is C[C@@H](c1ccc(-n2cncn2)cc1)N(C)C(=S)Nc1ccc([N+](=O)[O-])cc1. The Kier molecular flexibility index (Phi) is 5.41. The molecule has 3 aromatic rings. The van der Waals surface area contributed by atoms with Gasteiger partial charge in [0.25, 0.3) is 5.69 Å². The monoisotopic (exact) mass is 382 g/mol. The van der Waals surface area contributed by atoms with Crippen LogP contribution >= 0.6 is 12.2 Å². The average Bonchev–Trinajstić information content (AvgIpc) is 3.22. The fourth-order valence-electron chi connectivity index (χ4n) is 2.52. The molecule has 0 radical (unpaired) electrons. The zero-order chi connectivity index (χ0) is 19.4. The third-order valence-corrected chi connectivity index (χ3v) is 4.68. The Morgan fingerprint density at radius 2 is 1.89 bits per heavy atom. The molecule has 0 unspecified atom stereocenters. The molecule has 1 heterocycles. The van der Waals surface area contributed by atoms with Gasteiger partial charge in [-0.3, -0.25) is 10.1 Å². The van der Waals surface area contributed by atoms with Gasteiger partial charge in [-0.25, -0.2) is 9.67 Å². The molecule has 0 saturated carbocycles. The van der Waals surface area contributed by atoms with E-state index in [0.717, 1.165) is 11.3 Å². The number of nitro benzene ring substituents is 1. The first-order chi connectivity index (χ1) is 13.0. The number of nitro groups is 1. The van der Waals surface area contributed by atoms with E-state index in [2.05, 4.69) is 15.4 Å². The fraction of sp³-hybridized carbons (Fsp3) is 0.167. The van der Waals surface area contributed by atoms with Gasteiger partial charge in [-0.1, -0.05) is 12.1 Å². The Labute approximate surface area is 161 Å². The number of thiocarbonyl (C=S) groups is 1. The van der Waals surface area contributed by atoms with Crippen LogP contribution in [0.3, 0.4) is 0 Å². The van der Waals surface area contributed by atoms with Crippen molar-refractivity contribution in [2.45, 2.75) is 13.0 Å². The Morgan fingerprint density at radius 1 is 1.22 bits per heavy atom. The molecule has 0 amide bonds. The van der Waals surface area contributed by atoms with Crippen molar-refractivity contribution in [2.24, 2.45) is 0 Å². The maximum Gasteiger partial charge on any atom is 0.269 e. The second kappa shape index (κ2) is 7.92. The van der Waals surface area contributed by atoms with E-state index in [1.807, 2.05) is 43.1 Å². The van der Waals surface area contributed by atoms with Crippen LogP contribution in [0.1, 0.15) is 18.5 Å². The summed E-state index contributed by atoms with van der Waals surface area (Å²) in [7, 11) is 1.90. The highest BCUT2D eigenvalue weighted by Gasteiger charge is 2.15. The highest BCUT2D eigenvalue weighted by atomic mass is 32.1. The Morgan fingerprint density at radius 3 is 2.44 bits per heavy atom. The lowest BCUT2D eigenvalue weighted by atomic mass is 10.1. The van der Waals surface area contributed by atoms with E-state index in [9.17, 15) is 10.1 Å². The van der Waals surface area contributed by atoms with E-state index in [0.29, 0.717) is 10.8 Å². The normalized spacial score (nSPS) is 11.6. The molecule has 1 N–H and O–H groups in total. The molecule has 3 rings (SSSR count). The molecule has 0 aliphatic rings. The number of hydrogen-bond acceptors (Lipinski definition) is 5. The lowest BCUT2D eigenvalue weighted by Gasteiger charge is -2.28. The molecule has 0 saturated heterocycles. The summed E-state index contributed by atoms with van der Waals surface area (Å²) in [5.74, 6) is 0.